The Kier molecular flexibility index (Phi) is 8.22. The van der Waals surface area contributed by atoms with Crippen molar-refractivity contribution in [1.82, 2.24) is 14.9 Å². The van der Waals surface area contributed by atoms with Gasteiger partial charge in [0.15, 0.2) is 0 Å². The minimum atomic E-state index is -5.08. The average Bonchev–Trinajstić information content (AvgIpc) is 3.43. The molecular formula is C26H27F3N4O4S3. The molecule has 1 aliphatic heterocycles. The molecule has 2 aliphatic rings. The van der Waals surface area contributed by atoms with Gasteiger partial charge in [0, 0.05) is 29.5 Å². The Bertz CT molecular complexity index is 1570. The number of rotatable bonds is 8. The van der Waals surface area contributed by atoms with Crippen LogP contribution in [0.2, 0.25) is 0 Å². The van der Waals surface area contributed by atoms with Crippen LogP contribution in [0.1, 0.15) is 30.6 Å². The summed E-state index contributed by atoms with van der Waals surface area (Å²) in [5.74, 6) is -2.33. The Morgan fingerprint density at radius 3 is 2.52 bits per heavy atom. The maximum atomic E-state index is 13.6. The van der Waals surface area contributed by atoms with Crippen molar-refractivity contribution >= 4 is 55.3 Å². The molecule has 2 fully saturated rings. The molecule has 0 spiro atoms. The Morgan fingerprint density at radius 1 is 1.18 bits per heavy atom. The molecule has 40 heavy (non-hydrogen) atoms. The molecule has 0 atom stereocenters. The molecule has 1 aromatic carbocycles. The van der Waals surface area contributed by atoms with Gasteiger partial charge in [-0.1, -0.05) is 18.2 Å². The van der Waals surface area contributed by atoms with Gasteiger partial charge in [0.2, 0.25) is 0 Å². The van der Waals surface area contributed by atoms with Crippen LogP contribution in [0.15, 0.2) is 52.2 Å². The third-order valence-corrected chi connectivity index (χ3v) is 10.8. The predicted molar refractivity (Wildman–Crippen MR) is 149 cm³/mol. The van der Waals surface area contributed by atoms with Gasteiger partial charge in [-0.05, 0) is 68.3 Å². The third-order valence-electron chi connectivity index (χ3n) is 6.67. The van der Waals surface area contributed by atoms with E-state index in [1.54, 1.807) is 27.8 Å². The second-order valence-corrected chi connectivity index (χ2v) is 13.9. The Hall–Kier alpha value is -2.94. The zero-order chi connectivity index (χ0) is 28.5. The number of para-hydroxylation sites is 1. The summed E-state index contributed by atoms with van der Waals surface area (Å²) in [7, 11) is -3.61. The quantitative estimate of drug-likeness (QED) is 0.246. The van der Waals surface area contributed by atoms with Crippen LogP contribution in [0.25, 0.3) is 21.6 Å². The number of sulfonamides is 1. The number of thiophene rings is 1. The summed E-state index contributed by atoms with van der Waals surface area (Å²) in [6.07, 6.45) is 1.62. The minimum absolute atomic E-state index is 0.387. The van der Waals surface area contributed by atoms with Gasteiger partial charge in [-0.15, -0.1) is 22.7 Å². The van der Waals surface area contributed by atoms with Gasteiger partial charge >= 0.3 is 12.1 Å². The molecule has 1 aliphatic carbocycles. The van der Waals surface area contributed by atoms with Gasteiger partial charge < -0.3 is 10.1 Å². The van der Waals surface area contributed by atoms with E-state index in [2.05, 4.69) is 20.9 Å². The first-order valence-electron chi connectivity index (χ1n) is 12.7. The molecule has 6 rings (SSSR count). The number of nitrogens with one attached hydrogen (secondary N) is 1. The van der Waals surface area contributed by atoms with Gasteiger partial charge in [0.1, 0.15) is 9.22 Å². The zero-order valence-corrected chi connectivity index (χ0v) is 23.7. The summed E-state index contributed by atoms with van der Waals surface area (Å²) in [5.41, 5.74) is 2.51. The number of hydrogen-bond acceptors (Lipinski definition) is 7. The number of aromatic nitrogens is 2. The molecule has 0 amide bonds. The van der Waals surface area contributed by atoms with E-state index in [9.17, 15) is 21.6 Å². The number of carboxylic acids is 1. The summed E-state index contributed by atoms with van der Waals surface area (Å²) < 4.78 is 60.8. The number of thiazole rings is 1. The average molecular weight is 613 g/mol. The van der Waals surface area contributed by atoms with E-state index in [0.717, 1.165) is 41.0 Å². The second-order valence-electron chi connectivity index (χ2n) is 9.75. The maximum Gasteiger partial charge on any atom is 0.490 e. The SMILES string of the molecule is O=C(O)C(F)(F)F.O=S(=O)(c1cccs1)N(CC1CC1)c1cccc2cc(-c3ncc(CN4CCCC4)s3)[nH]c12. The fraction of sp³-hybridized carbons (Fsp3) is 0.385. The van der Waals surface area contributed by atoms with Crippen molar-refractivity contribution in [3.63, 3.8) is 0 Å². The van der Waals surface area contributed by atoms with Crippen LogP contribution in [-0.4, -0.2) is 60.2 Å². The molecule has 0 radical (unpaired) electrons. The number of anilines is 1. The van der Waals surface area contributed by atoms with Crippen LogP contribution in [0.5, 0.6) is 0 Å². The lowest BCUT2D eigenvalue weighted by Crippen LogP contribution is -2.32. The standard InChI is InChI=1S/C24H26N4O2S3.C2HF3O2/c29-33(30,22-7-4-12-31-22)28(15-17-8-9-17)21-6-3-5-18-13-20(26-23(18)21)24-25-14-19(32-24)16-27-10-1-2-11-27;3-2(4,5)1(6)7/h3-7,12-14,17,26H,1-2,8-11,15-16H2;(H,6,7). The van der Waals surface area contributed by atoms with Crippen molar-refractivity contribution in [3.8, 4) is 10.7 Å². The molecule has 14 heteroatoms. The summed E-state index contributed by atoms with van der Waals surface area (Å²) in [6.45, 7) is 3.80. The normalized spacial score (nSPS) is 16.2. The third kappa shape index (κ3) is 6.51. The number of halogens is 3. The highest BCUT2D eigenvalue weighted by Crippen LogP contribution is 2.39. The zero-order valence-electron chi connectivity index (χ0n) is 21.2. The maximum absolute atomic E-state index is 13.6. The Labute approximate surface area is 237 Å². The van der Waals surface area contributed by atoms with Gasteiger partial charge in [-0.3, -0.25) is 9.21 Å². The first-order chi connectivity index (χ1) is 19.0. The fourth-order valence-electron chi connectivity index (χ4n) is 4.51. The first-order valence-corrected chi connectivity index (χ1v) is 15.8. The van der Waals surface area contributed by atoms with Crippen molar-refractivity contribution in [2.24, 2.45) is 5.92 Å². The molecule has 4 aromatic rings. The van der Waals surface area contributed by atoms with Crippen molar-refractivity contribution < 1.29 is 31.5 Å². The second kappa shape index (κ2) is 11.5. The number of H-pyrrole nitrogens is 1. The predicted octanol–water partition coefficient (Wildman–Crippen LogP) is 6.19. The van der Waals surface area contributed by atoms with Crippen LogP contribution in [0.3, 0.4) is 0 Å². The largest absolute Gasteiger partial charge is 0.490 e. The molecule has 0 bridgehead atoms. The van der Waals surface area contributed by atoms with Crippen LogP contribution in [-0.2, 0) is 21.4 Å². The van der Waals surface area contributed by atoms with E-state index in [1.807, 2.05) is 29.8 Å². The Balaban J connectivity index is 0.000000411. The number of benzene rings is 1. The monoisotopic (exact) mass is 612 g/mol. The molecule has 2 N–H and O–H groups in total. The van der Waals surface area contributed by atoms with Gasteiger partial charge in [0.25, 0.3) is 10.0 Å². The van der Waals surface area contributed by atoms with Crippen LogP contribution in [0.4, 0.5) is 18.9 Å². The molecule has 3 aromatic heterocycles. The lowest BCUT2D eigenvalue weighted by Gasteiger charge is -2.24. The number of nitrogens with zero attached hydrogens (tertiary/aromatic N) is 3. The van der Waals surface area contributed by atoms with E-state index in [1.165, 1.54) is 42.1 Å². The Morgan fingerprint density at radius 2 is 1.90 bits per heavy atom. The van der Waals surface area contributed by atoms with E-state index in [0.29, 0.717) is 22.4 Å². The lowest BCUT2D eigenvalue weighted by molar-refractivity contribution is -0.192. The van der Waals surface area contributed by atoms with E-state index >= 15 is 0 Å². The minimum Gasteiger partial charge on any atom is -0.475 e. The highest BCUT2D eigenvalue weighted by molar-refractivity contribution is 7.94. The highest BCUT2D eigenvalue weighted by Gasteiger charge is 2.38. The number of likely N-dealkylation sites (tertiary alicyclic amines) is 1. The van der Waals surface area contributed by atoms with Gasteiger partial charge in [-0.25, -0.2) is 18.2 Å². The summed E-state index contributed by atoms with van der Waals surface area (Å²) in [6, 6.07) is 11.5. The number of aliphatic carboxylic acids is 1. The fourth-order valence-corrected chi connectivity index (χ4v) is 8.09. The molecule has 214 valence electrons. The lowest BCUT2D eigenvalue weighted by atomic mass is 10.2. The molecule has 4 heterocycles. The van der Waals surface area contributed by atoms with Gasteiger partial charge in [0.05, 0.1) is 16.9 Å². The molecule has 0 unspecified atom stereocenters. The van der Waals surface area contributed by atoms with Crippen molar-refractivity contribution in [3.05, 3.63) is 52.9 Å². The molecule has 8 nitrogen and oxygen atoms in total. The topological polar surface area (TPSA) is 107 Å². The van der Waals surface area contributed by atoms with Crippen LogP contribution < -0.4 is 4.31 Å². The van der Waals surface area contributed by atoms with Crippen molar-refractivity contribution in [2.75, 3.05) is 23.9 Å². The number of alkyl halides is 3. The summed E-state index contributed by atoms with van der Waals surface area (Å²) in [5, 5.41) is 10.9. The number of hydrogen-bond donors (Lipinski definition) is 2. The molecule has 1 saturated heterocycles. The number of carbonyl (C=O) groups is 1. The highest BCUT2D eigenvalue weighted by atomic mass is 32.2. The number of fused-ring (bicyclic) bond motifs is 1. The van der Waals surface area contributed by atoms with Crippen LogP contribution >= 0.6 is 22.7 Å². The summed E-state index contributed by atoms with van der Waals surface area (Å²) in [4.78, 5) is 20.8. The van der Waals surface area contributed by atoms with Crippen molar-refractivity contribution in [2.45, 2.75) is 42.6 Å². The molecular weight excluding hydrogens is 586 g/mol. The van der Waals surface area contributed by atoms with E-state index in [-0.39, 0.29) is 0 Å². The summed E-state index contributed by atoms with van der Waals surface area (Å²) >= 11 is 2.98. The number of aromatic amines is 1. The first kappa shape index (κ1) is 28.6. The molecule has 1 saturated carbocycles. The van der Waals surface area contributed by atoms with Crippen molar-refractivity contribution in [1.29, 1.82) is 0 Å². The van der Waals surface area contributed by atoms with E-state index < -0.39 is 22.2 Å². The van der Waals surface area contributed by atoms with Crippen LogP contribution in [0, 0.1) is 5.92 Å². The van der Waals surface area contributed by atoms with E-state index in [4.69, 9.17) is 9.90 Å². The van der Waals surface area contributed by atoms with Gasteiger partial charge in [-0.2, -0.15) is 13.2 Å². The number of carboxylic acid groups (broad SMARTS) is 1. The smallest absolute Gasteiger partial charge is 0.475 e.